The first-order valence-electron chi connectivity index (χ1n) is 6.89. The lowest BCUT2D eigenvalue weighted by atomic mass is 10.1. The maximum Gasteiger partial charge on any atom is 0.342 e. The summed E-state index contributed by atoms with van der Waals surface area (Å²) >= 11 is 0. The molecule has 0 saturated carbocycles. The fourth-order valence-corrected chi connectivity index (χ4v) is 1.70. The molecule has 1 aromatic rings. The molecule has 0 fully saturated rings. The van der Waals surface area contributed by atoms with Crippen LogP contribution >= 0.6 is 0 Å². The average molecular weight is 308 g/mol. The summed E-state index contributed by atoms with van der Waals surface area (Å²) in [4.78, 5) is 34.8. The first-order valence-corrected chi connectivity index (χ1v) is 6.89. The highest BCUT2D eigenvalue weighted by molar-refractivity contribution is 5.94. The lowest BCUT2D eigenvalue weighted by molar-refractivity contribution is -0.130. The molecule has 3 N–H and O–H groups in total. The molecule has 1 rings (SSSR count). The second kappa shape index (κ2) is 8.02. The highest BCUT2D eigenvalue weighted by Crippen LogP contribution is 2.19. The average Bonchev–Trinajstić information content (AvgIpc) is 2.45. The van der Waals surface area contributed by atoms with Crippen molar-refractivity contribution in [3.63, 3.8) is 0 Å². The van der Waals surface area contributed by atoms with E-state index in [0.29, 0.717) is 6.54 Å². The zero-order valence-electron chi connectivity index (χ0n) is 12.8. The van der Waals surface area contributed by atoms with E-state index in [-0.39, 0.29) is 17.2 Å². The molecule has 0 spiro atoms. The molecule has 22 heavy (non-hydrogen) atoms. The molecule has 0 bridgehead atoms. The van der Waals surface area contributed by atoms with Crippen LogP contribution in [0.4, 0.5) is 0 Å². The maximum absolute atomic E-state index is 11.8. The van der Waals surface area contributed by atoms with Crippen LogP contribution in [0.2, 0.25) is 0 Å². The van der Waals surface area contributed by atoms with E-state index in [0.717, 1.165) is 5.56 Å². The van der Waals surface area contributed by atoms with Crippen molar-refractivity contribution in [3.05, 3.63) is 29.3 Å². The summed E-state index contributed by atoms with van der Waals surface area (Å²) in [6, 6.07) is 3.77. The SMILES string of the molecule is CCNC(=O)[C@@H](C)NC(=O)COC(=O)c1ccc(C)cc1O. The third-order valence-corrected chi connectivity index (χ3v) is 2.83. The molecule has 0 aromatic heterocycles. The predicted molar refractivity (Wildman–Crippen MR) is 79.4 cm³/mol. The van der Waals surface area contributed by atoms with Crippen molar-refractivity contribution in [1.82, 2.24) is 10.6 Å². The minimum atomic E-state index is -0.807. The van der Waals surface area contributed by atoms with Crippen molar-refractivity contribution in [1.29, 1.82) is 0 Å². The summed E-state index contributed by atoms with van der Waals surface area (Å²) in [5.41, 5.74) is 0.776. The third kappa shape index (κ3) is 5.08. The van der Waals surface area contributed by atoms with E-state index >= 15 is 0 Å². The summed E-state index contributed by atoms with van der Waals surface area (Å²) < 4.78 is 4.81. The molecule has 0 radical (unpaired) electrons. The summed E-state index contributed by atoms with van der Waals surface area (Å²) in [5, 5.41) is 14.6. The molecule has 0 aliphatic rings. The number of nitrogens with one attached hydrogen (secondary N) is 2. The van der Waals surface area contributed by atoms with Gasteiger partial charge in [-0.25, -0.2) is 4.79 Å². The number of hydrogen-bond acceptors (Lipinski definition) is 5. The van der Waals surface area contributed by atoms with Crippen molar-refractivity contribution in [2.75, 3.05) is 13.2 Å². The van der Waals surface area contributed by atoms with Gasteiger partial charge in [0.2, 0.25) is 5.91 Å². The van der Waals surface area contributed by atoms with Crippen molar-refractivity contribution >= 4 is 17.8 Å². The van der Waals surface area contributed by atoms with Gasteiger partial charge in [-0.1, -0.05) is 6.07 Å². The molecule has 0 saturated heterocycles. The Hall–Kier alpha value is -2.57. The molecular formula is C15H20N2O5. The van der Waals surface area contributed by atoms with Crippen molar-refractivity contribution in [3.8, 4) is 5.75 Å². The highest BCUT2D eigenvalue weighted by Gasteiger charge is 2.17. The Morgan fingerprint density at radius 1 is 1.32 bits per heavy atom. The number of ether oxygens (including phenoxy) is 1. The molecule has 0 heterocycles. The van der Waals surface area contributed by atoms with Gasteiger partial charge >= 0.3 is 5.97 Å². The lowest BCUT2D eigenvalue weighted by Crippen LogP contribution is -2.46. The number of phenols is 1. The van der Waals surface area contributed by atoms with Crippen LogP contribution in [-0.2, 0) is 14.3 Å². The normalized spacial score (nSPS) is 11.4. The quantitative estimate of drug-likeness (QED) is 0.664. The van der Waals surface area contributed by atoms with E-state index in [2.05, 4.69) is 10.6 Å². The van der Waals surface area contributed by atoms with Gasteiger partial charge in [-0.05, 0) is 38.5 Å². The van der Waals surface area contributed by atoms with E-state index in [9.17, 15) is 19.5 Å². The number of aryl methyl sites for hydroxylation is 1. The molecule has 0 unspecified atom stereocenters. The fraction of sp³-hybridized carbons (Fsp3) is 0.400. The van der Waals surface area contributed by atoms with Crippen molar-refractivity contribution in [2.24, 2.45) is 0 Å². The van der Waals surface area contributed by atoms with E-state index < -0.39 is 24.5 Å². The van der Waals surface area contributed by atoms with Crippen molar-refractivity contribution in [2.45, 2.75) is 26.8 Å². The van der Waals surface area contributed by atoms with Crippen LogP contribution in [0.1, 0.15) is 29.8 Å². The second-order valence-electron chi connectivity index (χ2n) is 4.78. The standard InChI is InChI=1S/C15H20N2O5/c1-4-16-14(20)10(3)17-13(19)8-22-15(21)11-6-5-9(2)7-12(11)18/h5-7,10,18H,4,8H2,1-3H3,(H,16,20)(H,17,19)/t10-/m1/s1. The van der Waals surface area contributed by atoms with Gasteiger partial charge in [-0.2, -0.15) is 0 Å². The number of phenolic OH excluding ortho intramolecular Hbond substituents is 1. The summed E-state index contributed by atoms with van der Waals surface area (Å²) in [6.45, 7) is 4.99. The van der Waals surface area contributed by atoms with Crippen LogP contribution < -0.4 is 10.6 Å². The van der Waals surface area contributed by atoms with Gasteiger partial charge in [0.15, 0.2) is 6.61 Å². The summed E-state index contributed by atoms with van der Waals surface area (Å²) in [7, 11) is 0. The van der Waals surface area contributed by atoms with Gasteiger partial charge in [0.1, 0.15) is 17.4 Å². The maximum atomic E-state index is 11.8. The Labute approximate surface area is 128 Å². The lowest BCUT2D eigenvalue weighted by Gasteiger charge is -2.13. The van der Waals surface area contributed by atoms with Crippen LogP contribution in [0.25, 0.3) is 0 Å². The zero-order valence-corrected chi connectivity index (χ0v) is 12.8. The van der Waals surface area contributed by atoms with E-state index in [1.165, 1.54) is 19.1 Å². The van der Waals surface area contributed by atoms with Gasteiger partial charge in [-0.3, -0.25) is 9.59 Å². The minimum Gasteiger partial charge on any atom is -0.507 e. The van der Waals surface area contributed by atoms with Gasteiger partial charge < -0.3 is 20.5 Å². The first-order chi connectivity index (χ1) is 10.3. The second-order valence-corrected chi connectivity index (χ2v) is 4.78. The monoisotopic (exact) mass is 308 g/mol. The Balaban J connectivity index is 2.50. The smallest absolute Gasteiger partial charge is 0.342 e. The van der Waals surface area contributed by atoms with Crippen molar-refractivity contribution < 1.29 is 24.2 Å². The topological polar surface area (TPSA) is 105 Å². The number of rotatable bonds is 6. The van der Waals surface area contributed by atoms with E-state index in [1.807, 2.05) is 0 Å². The first kappa shape index (κ1) is 17.5. The molecular weight excluding hydrogens is 288 g/mol. The zero-order chi connectivity index (χ0) is 16.7. The highest BCUT2D eigenvalue weighted by atomic mass is 16.5. The number of carbonyl (C=O) groups excluding carboxylic acids is 3. The molecule has 0 aliphatic carbocycles. The molecule has 1 atom stereocenters. The number of amides is 2. The predicted octanol–water partition coefficient (Wildman–Crippen LogP) is 0.498. The van der Waals surface area contributed by atoms with Crippen LogP contribution in [-0.4, -0.2) is 42.1 Å². The molecule has 7 heteroatoms. The summed E-state index contributed by atoms with van der Waals surface area (Å²) in [5.74, 6) is -1.93. The number of likely N-dealkylation sites (N-methyl/N-ethyl adjacent to an activating group) is 1. The number of carbonyl (C=O) groups is 3. The van der Waals surface area contributed by atoms with Gasteiger partial charge in [0.05, 0.1) is 0 Å². The van der Waals surface area contributed by atoms with Crippen LogP contribution in [0, 0.1) is 6.92 Å². The molecule has 1 aromatic carbocycles. The molecule has 2 amide bonds. The van der Waals surface area contributed by atoms with Gasteiger partial charge in [-0.15, -0.1) is 0 Å². The number of hydrogen-bond donors (Lipinski definition) is 3. The Kier molecular flexibility index (Phi) is 6.37. The number of aromatic hydroxyl groups is 1. The van der Waals surface area contributed by atoms with E-state index in [1.54, 1.807) is 19.9 Å². The molecule has 7 nitrogen and oxygen atoms in total. The van der Waals surface area contributed by atoms with Gasteiger partial charge in [0, 0.05) is 6.54 Å². The summed E-state index contributed by atoms with van der Waals surface area (Å²) in [6.07, 6.45) is 0. The number of esters is 1. The van der Waals surface area contributed by atoms with E-state index in [4.69, 9.17) is 4.74 Å². The Morgan fingerprint density at radius 2 is 2.00 bits per heavy atom. The number of benzene rings is 1. The fourth-order valence-electron chi connectivity index (χ4n) is 1.70. The largest absolute Gasteiger partial charge is 0.507 e. The third-order valence-electron chi connectivity index (χ3n) is 2.83. The van der Waals surface area contributed by atoms with Gasteiger partial charge in [0.25, 0.3) is 5.91 Å². The minimum absolute atomic E-state index is 0.0184. The Morgan fingerprint density at radius 3 is 2.59 bits per heavy atom. The Bertz CT molecular complexity index is 571. The van der Waals surface area contributed by atoms with Crippen LogP contribution in [0.3, 0.4) is 0 Å². The van der Waals surface area contributed by atoms with Crippen LogP contribution in [0.15, 0.2) is 18.2 Å². The molecule has 120 valence electrons. The van der Waals surface area contributed by atoms with Crippen LogP contribution in [0.5, 0.6) is 5.75 Å². The molecule has 0 aliphatic heterocycles.